The van der Waals surface area contributed by atoms with Crippen molar-refractivity contribution in [3.8, 4) is 0 Å². The molecule has 0 bridgehead atoms. The fourth-order valence-electron chi connectivity index (χ4n) is 1.62. The molecular weight excluding hydrogens is 248 g/mol. The van der Waals surface area contributed by atoms with Crippen LogP contribution in [0.25, 0.3) is 0 Å². The van der Waals surface area contributed by atoms with Crippen molar-refractivity contribution in [2.75, 3.05) is 52.4 Å². The fraction of sp³-hybridized carbons (Fsp3) is 0.625. The summed E-state index contributed by atoms with van der Waals surface area (Å²) in [6.07, 6.45) is 10.4. The molecule has 116 valence electrons. The van der Waals surface area contributed by atoms with Crippen molar-refractivity contribution in [1.82, 2.24) is 21.3 Å². The molecule has 0 aliphatic rings. The van der Waals surface area contributed by atoms with Gasteiger partial charge in [-0.2, -0.15) is 0 Å². The second-order valence-corrected chi connectivity index (χ2v) is 4.57. The third-order valence-electron chi connectivity index (χ3n) is 2.68. The van der Waals surface area contributed by atoms with E-state index in [1.54, 1.807) is 0 Å². The Balaban J connectivity index is 3.05. The standard InChI is InChI=1S/C16H32N4/c1-3-9-17-13-7-15-19-11-5-6-12-20-16-8-14-18-10-4-2/h3-6,17-20H,1-2,7-16H2. The molecule has 0 aromatic carbocycles. The van der Waals surface area contributed by atoms with E-state index in [-0.39, 0.29) is 0 Å². The number of nitrogens with one attached hydrogen (secondary N) is 4. The molecule has 0 atom stereocenters. The Hall–Kier alpha value is -0.940. The van der Waals surface area contributed by atoms with Crippen molar-refractivity contribution in [3.63, 3.8) is 0 Å². The molecule has 0 radical (unpaired) electrons. The van der Waals surface area contributed by atoms with Gasteiger partial charge in [-0.05, 0) is 39.0 Å². The van der Waals surface area contributed by atoms with Crippen LogP contribution in [-0.2, 0) is 0 Å². The van der Waals surface area contributed by atoms with Crippen LogP contribution in [-0.4, -0.2) is 52.4 Å². The predicted molar refractivity (Wildman–Crippen MR) is 90.2 cm³/mol. The number of hydrogen-bond acceptors (Lipinski definition) is 4. The average molecular weight is 280 g/mol. The van der Waals surface area contributed by atoms with Crippen LogP contribution in [0.4, 0.5) is 0 Å². The van der Waals surface area contributed by atoms with Crippen LogP contribution in [0.2, 0.25) is 0 Å². The van der Waals surface area contributed by atoms with Gasteiger partial charge in [0, 0.05) is 26.2 Å². The molecule has 0 aliphatic carbocycles. The lowest BCUT2D eigenvalue weighted by Gasteiger charge is -2.03. The summed E-state index contributed by atoms with van der Waals surface area (Å²) in [4.78, 5) is 0. The van der Waals surface area contributed by atoms with Gasteiger partial charge in [0.15, 0.2) is 0 Å². The predicted octanol–water partition coefficient (Wildman–Crippen LogP) is 1.05. The zero-order valence-electron chi connectivity index (χ0n) is 12.8. The van der Waals surface area contributed by atoms with Crippen LogP contribution in [0.5, 0.6) is 0 Å². The molecule has 0 spiro atoms. The maximum atomic E-state index is 3.67. The smallest absolute Gasteiger partial charge is 0.0135 e. The Morgan fingerprint density at radius 3 is 1.25 bits per heavy atom. The van der Waals surface area contributed by atoms with Crippen LogP contribution < -0.4 is 21.3 Å². The second-order valence-electron chi connectivity index (χ2n) is 4.57. The van der Waals surface area contributed by atoms with Crippen molar-refractivity contribution in [1.29, 1.82) is 0 Å². The zero-order valence-corrected chi connectivity index (χ0v) is 12.8. The maximum absolute atomic E-state index is 3.67. The molecule has 0 saturated carbocycles. The molecule has 0 heterocycles. The first kappa shape index (κ1) is 19.1. The summed E-state index contributed by atoms with van der Waals surface area (Å²) >= 11 is 0. The lowest BCUT2D eigenvalue weighted by atomic mass is 10.4. The van der Waals surface area contributed by atoms with Crippen molar-refractivity contribution in [2.45, 2.75) is 12.8 Å². The van der Waals surface area contributed by atoms with Gasteiger partial charge in [0.2, 0.25) is 0 Å². The minimum Gasteiger partial charge on any atom is -0.313 e. The van der Waals surface area contributed by atoms with E-state index in [0.29, 0.717) is 0 Å². The van der Waals surface area contributed by atoms with E-state index in [9.17, 15) is 0 Å². The summed E-state index contributed by atoms with van der Waals surface area (Å²) in [5, 5.41) is 13.3. The number of hydrogen-bond donors (Lipinski definition) is 4. The Morgan fingerprint density at radius 2 is 0.900 bits per heavy atom. The average Bonchev–Trinajstić information content (AvgIpc) is 2.47. The molecule has 20 heavy (non-hydrogen) atoms. The van der Waals surface area contributed by atoms with E-state index in [1.807, 2.05) is 12.2 Å². The largest absolute Gasteiger partial charge is 0.313 e. The normalized spacial score (nSPS) is 11.0. The van der Waals surface area contributed by atoms with Gasteiger partial charge in [-0.25, -0.2) is 0 Å². The fourth-order valence-corrected chi connectivity index (χ4v) is 1.62. The molecule has 4 nitrogen and oxygen atoms in total. The van der Waals surface area contributed by atoms with Gasteiger partial charge in [-0.1, -0.05) is 24.3 Å². The monoisotopic (exact) mass is 280 g/mol. The van der Waals surface area contributed by atoms with Crippen LogP contribution in [0, 0.1) is 0 Å². The van der Waals surface area contributed by atoms with Crippen LogP contribution in [0.1, 0.15) is 12.8 Å². The van der Waals surface area contributed by atoms with Gasteiger partial charge >= 0.3 is 0 Å². The molecule has 0 saturated heterocycles. The van der Waals surface area contributed by atoms with E-state index in [0.717, 1.165) is 65.2 Å². The Kier molecular flexibility index (Phi) is 17.2. The van der Waals surface area contributed by atoms with E-state index in [4.69, 9.17) is 0 Å². The molecule has 0 fully saturated rings. The summed E-state index contributed by atoms with van der Waals surface area (Å²) < 4.78 is 0. The van der Waals surface area contributed by atoms with Gasteiger partial charge in [-0.3, -0.25) is 0 Å². The SMILES string of the molecule is C=CCNCCCNCC=CCNCCCNCC=C. The van der Waals surface area contributed by atoms with E-state index in [2.05, 4.69) is 46.6 Å². The first-order valence-electron chi connectivity index (χ1n) is 7.61. The van der Waals surface area contributed by atoms with Crippen molar-refractivity contribution in [3.05, 3.63) is 37.5 Å². The van der Waals surface area contributed by atoms with Crippen molar-refractivity contribution >= 4 is 0 Å². The first-order chi connectivity index (χ1) is 9.91. The van der Waals surface area contributed by atoms with Crippen LogP contribution in [0.15, 0.2) is 37.5 Å². The Labute approximate surface area is 124 Å². The van der Waals surface area contributed by atoms with Gasteiger partial charge in [-0.15, -0.1) is 13.2 Å². The van der Waals surface area contributed by atoms with Gasteiger partial charge < -0.3 is 21.3 Å². The highest BCUT2D eigenvalue weighted by molar-refractivity contribution is 4.85. The lowest BCUT2D eigenvalue weighted by Crippen LogP contribution is -2.23. The summed E-state index contributed by atoms with van der Waals surface area (Å²) in [5.74, 6) is 0. The van der Waals surface area contributed by atoms with Crippen molar-refractivity contribution in [2.24, 2.45) is 0 Å². The minimum atomic E-state index is 0.898. The third-order valence-corrected chi connectivity index (χ3v) is 2.68. The highest BCUT2D eigenvalue weighted by Crippen LogP contribution is 1.77. The molecule has 4 N–H and O–H groups in total. The molecule has 4 heteroatoms. The molecule has 0 unspecified atom stereocenters. The van der Waals surface area contributed by atoms with Crippen LogP contribution >= 0.6 is 0 Å². The highest BCUT2D eigenvalue weighted by Gasteiger charge is 1.87. The topological polar surface area (TPSA) is 48.1 Å². The number of rotatable bonds is 16. The molecule has 0 aliphatic heterocycles. The summed E-state index contributed by atoms with van der Waals surface area (Å²) in [5.41, 5.74) is 0. The summed E-state index contributed by atoms with van der Waals surface area (Å²) in [6.45, 7) is 15.2. The first-order valence-corrected chi connectivity index (χ1v) is 7.61. The van der Waals surface area contributed by atoms with Crippen molar-refractivity contribution < 1.29 is 0 Å². The molecule has 0 rings (SSSR count). The highest BCUT2D eigenvalue weighted by atomic mass is 14.9. The van der Waals surface area contributed by atoms with E-state index in [1.165, 1.54) is 0 Å². The van der Waals surface area contributed by atoms with Gasteiger partial charge in [0.05, 0.1) is 0 Å². The minimum absolute atomic E-state index is 0.898. The Bertz CT molecular complexity index is 215. The van der Waals surface area contributed by atoms with E-state index < -0.39 is 0 Å². The lowest BCUT2D eigenvalue weighted by molar-refractivity contribution is 0.634. The maximum Gasteiger partial charge on any atom is 0.0135 e. The zero-order chi connectivity index (χ0) is 14.7. The molecule has 0 aromatic heterocycles. The quantitative estimate of drug-likeness (QED) is 0.252. The van der Waals surface area contributed by atoms with Gasteiger partial charge in [0.25, 0.3) is 0 Å². The molecule has 0 aromatic rings. The van der Waals surface area contributed by atoms with Crippen LogP contribution in [0.3, 0.4) is 0 Å². The summed E-state index contributed by atoms with van der Waals surface area (Å²) in [7, 11) is 0. The Morgan fingerprint density at radius 1 is 0.550 bits per heavy atom. The third kappa shape index (κ3) is 17.1. The molecule has 0 amide bonds. The molecular formula is C16H32N4. The van der Waals surface area contributed by atoms with E-state index >= 15 is 0 Å². The second kappa shape index (κ2) is 18.1. The van der Waals surface area contributed by atoms with Gasteiger partial charge in [0.1, 0.15) is 0 Å². The summed E-state index contributed by atoms with van der Waals surface area (Å²) in [6, 6.07) is 0.